The standard InChI is InChI=1S/C11H8Br2N2OS/c12-8-3-7(4-14-5-8)11(16)15-6-10-9(13)1-2-17-10/h1-5H,6H2,(H,15,16). The molecule has 0 radical (unpaired) electrons. The molecule has 0 unspecified atom stereocenters. The van der Waals surface area contributed by atoms with Gasteiger partial charge >= 0.3 is 0 Å². The maximum atomic E-state index is 11.8. The van der Waals surface area contributed by atoms with Gasteiger partial charge in [-0.25, -0.2) is 0 Å². The number of halogens is 2. The van der Waals surface area contributed by atoms with Gasteiger partial charge in [0.15, 0.2) is 0 Å². The predicted octanol–water partition coefficient (Wildman–Crippen LogP) is 3.60. The zero-order chi connectivity index (χ0) is 12.3. The number of pyridine rings is 1. The molecule has 0 aliphatic rings. The Kier molecular flexibility index (Phi) is 4.31. The number of rotatable bonds is 3. The van der Waals surface area contributed by atoms with Crippen LogP contribution in [0, 0.1) is 0 Å². The molecule has 0 aliphatic carbocycles. The number of nitrogens with one attached hydrogen (secondary N) is 1. The highest BCUT2D eigenvalue weighted by atomic mass is 79.9. The minimum atomic E-state index is -0.126. The maximum Gasteiger partial charge on any atom is 0.253 e. The Morgan fingerprint density at radius 3 is 2.88 bits per heavy atom. The molecule has 2 aromatic rings. The van der Waals surface area contributed by atoms with Crippen LogP contribution < -0.4 is 5.32 Å². The van der Waals surface area contributed by atoms with Crippen molar-refractivity contribution in [2.24, 2.45) is 0 Å². The molecule has 0 aromatic carbocycles. The van der Waals surface area contributed by atoms with Gasteiger partial charge in [-0.2, -0.15) is 0 Å². The molecular formula is C11H8Br2N2OS. The van der Waals surface area contributed by atoms with Crippen LogP contribution in [0.25, 0.3) is 0 Å². The lowest BCUT2D eigenvalue weighted by atomic mass is 10.2. The number of aromatic nitrogens is 1. The van der Waals surface area contributed by atoms with E-state index in [9.17, 15) is 4.79 Å². The van der Waals surface area contributed by atoms with Crippen molar-refractivity contribution < 1.29 is 4.79 Å². The van der Waals surface area contributed by atoms with E-state index < -0.39 is 0 Å². The summed E-state index contributed by atoms with van der Waals surface area (Å²) in [5.41, 5.74) is 0.548. The highest BCUT2D eigenvalue weighted by Gasteiger charge is 2.07. The van der Waals surface area contributed by atoms with Crippen molar-refractivity contribution in [3.8, 4) is 0 Å². The molecule has 6 heteroatoms. The second kappa shape index (κ2) is 5.75. The molecule has 2 rings (SSSR count). The molecule has 0 saturated heterocycles. The number of nitrogens with zero attached hydrogens (tertiary/aromatic N) is 1. The number of amides is 1. The van der Waals surface area contributed by atoms with Gasteiger partial charge in [0.1, 0.15) is 0 Å². The van der Waals surface area contributed by atoms with Crippen LogP contribution in [-0.2, 0) is 6.54 Å². The summed E-state index contributed by atoms with van der Waals surface area (Å²) in [7, 11) is 0. The lowest BCUT2D eigenvalue weighted by Gasteiger charge is -2.04. The summed E-state index contributed by atoms with van der Waals surface area (Å²) in [5.74, 6) is -0.126. The van der Waals surface area contributed by atoms with Crippen molar-refractivity contribution in [3.05, 3.63) is 49.3 Å². The average Bonchev–Trinajstić information content (AvgIpc) is 2.72. The fourth-order valence-electron chi connectivity index (χ4n) is 1.25. The third kappa shape index (κ3) is 3.37. The fourth-order valence-corrected chi connectivity index (χ4v) is 3.05. The first-order valence-corrected chi connectivity index (χ1v) is 7.24. The molecule has 1 N–H and O–H groups in total. The molecule has 0 aliphatic heterocycles. The molecule has 2 heterocycles. The average molecular weight is 376 g/mol. The number of hydrogen-bond acceptors (Lipinski definition) is 3. The minimum Gasteiger partial charge on any atom is -0.347 e. The third-order valence-electron chi connectivity index (χ3n) is 2.07. The first kappa shape index (κ1) is 12.7. The van der Waals surface area contributed by atoms with Crippen LogP contribution in [-0.4, -0.2) is 10.9 Å². The molecule has 17 heavy (non-hydrogen) atoms. The van der Waals surface area contributed by atoms with Crippen LogP contribution in [0.4, 0.5) is 0 Å². The molecule has 0 saturated carbocycles. The second-order valence-electron chi connectivity index (χ2n) is 3.27. The third-order valence-corrected chi connectivity index (χ3v) is 4.43. The highest BCUT2D eigenvalue weighted by molar-refractivity contribution is 9.10. The molecule has 2 aromatic heterocycles. The van der Waals surface area contributed by atoms with Crippen molar-refractivity contribution in [1.29, 1.82) is 0 Å². The Morgan fingerprint density at radius 2 is 2.24 bits per heavy atom. The van der Waals surface area contributed by atoms with Crippen molar-refractivity contribution in [2.75, 3.05) is 0 Å². The Balaban J connectivity index is 2.01. The van der Waals surface area contributed by atoms with Crippen LogP contribution >= 0.6 is 43.2 Å². The van der Waals surface area contributed by atoms with E-state index in [4.69, 9.17) is 0 Å². The van der Waals surface area contributed by atoms with Gasteiger partial charge in [-0.3, -0.25) is 9.78 Å². The Hall–Kier alpha value is -0.720. The number of carbonyl (C=O) groups excluding carboxylic acids is 1. The monoisotopic (exact) mass is 374 g/mol. The quantitative estimate of drug-likeness (QED) is 0.890. The SMILES string of the molecule is O=C(NCc1sccc1Br)c1cncc(Br)c1. The normalized spacial score (nSPS) is 10.2. The van der Waals surface area contributed by atoms with Gasteiger partial charge in [0.2, 0.25) is 0 Å². The van der Waals surface area contributed by atoms with Crippen LogP contribution in [0.15, 0.2) is 38.9 Å². The van der Waals surface area contributed by atoms with E-state index in [1.165, 1.54) is 0 Å². The highest BCUT2D eigenvalue weighted by Crippen LogP contribution is 2.22. The van der Waals surface area contributed by atoms with E-state index in [1.54, 1.807) is 29.8 Å². The van der Waals surface area contributed by atoms with E-state index in [-0.39, 0.29) is 5.91 Å². The summed E-state index contributed by atoms with van der Waals surface area (Å²) in [4.78, 5) is 16.9. The van der Waals surface area contributed by atoms with Crippen LogP contribution in [0.2, 0.25) is 0 Å². The van der Waals surface area contributed by atoms with Crippen LogP contribution in [0.3, 0.4) is 0 Å². The molecule has 0 fully saturated rings. The summed E-state index contributed by atoms with van der Waals surface area (Å²) >= 11 is 8.31. The smallest absolute Gasteiger partial charge is 0.253 e. The van der Waals surface area contributed by atoms with Gasteiger partial charge in [0.05, 0.1) is 12.1 Å². The molecule has 3 nitrogen and oxygen atoms in total. The lowest BCUT2D eigenvalue weighted by Crippen LogP contribution is -2.22. The summed E-state index contributed by atoms with van der Waals surface area (Å²) in [6.45, 7) is 0.517. The lowest BCUT2D eigenvalue weighted by molar-refractivity contribution is 0.0951. The number of hydrogen-bond donors (Lipinski definition) is 1. The molecule has 1 amide bonds. The number of thiophene rings is 1. The van der Waals surface area contributed by atoms with Gasteiger partial charge in [0, 0.05) is 26.2 Å². The first-order chi connectivity index (χ1) is 8.16. The first-order valence-electron chi connectivity index (χ1n) is 4.77. The van der Waals surface area contributed by atoms with Crippen molar-refractivity contribution in [1.82, 2.24) is 10.3 Å². The van der Waals surface area contributed by atoms with E-state index in [0.29, 0.717) is 12.1 Å². The van der Waals surface area contributed by atoms with Gasteiger partial charge in [-0.15, -0.1) is 11.3 Å². The van der Waals surface area contributed by atoms with E-state index in [1.807, 2.05) is 11.4 Å². The maximum absolute atomic E-state index is 11.8. The Bertz CT molecular complexity index is 542. The van der Waals surface area contributed by atoms with Gasteiger partial charge in [-0.1, -0.05) is 0 Å². The summed E-state index contributed by atoms with van der Waals surface area (Å²) in [5, 5.41) is 4.83. The summed E-state index contributed by atoms with van der Waals surface area (Å²) < 4.78 is 1.82. The number of carbonyl (C=O) groups is 1. The van der Waals surface area contributed by atoms with Crippen molar-refractivity contribution in [2.45, 2.75) is 6.54 Å². The molecule has 0 atom stereocenters. The van der Waals surface area contributed by atoms with Gasteiger partial charge in [0.25, 0.3) is 5.91 Å². The van der Waals surface area contributed by atoms with Gasteiger partial charge < -0.3 is 5.32 Å². The molecule has 0 spiro atoms. The topological polar surface area (TPSA) is 42.0 Å². The largest absolute Gasteiger partial charge is 0.347 e. The molecular weight excluding hydrogens is 368 g/mol. The Morgan fingerprint density at radius 1 is 1.41 bits per heavy atom. The second-order valence-corrected chi connectivity index (χ2v) is 6.04. The van der Waals surface area contributed by atoms with Gasteiger partial charge in [-0.05, 0) is 49.4 Å². The van der Waals surface area contributed by atoms with Crippen LogP contribution in [0.1, 0.15) is 15.2 Å². The predicted molar refractivity (Wildman–Crippen MR) is 75.1 cm³/mol. The zero-order valence-electron chi connectivity index (χ0n) is 8.61. The molecule has 88 valence electrons. The van der Waals surface area contributed by atoms with Crippen LogP contribution in [0.5, 0.6) is 0 Å². The van der Waals surface area contributed by atoms with E-state index in [2.05, 4.69) is 42.2 Å². The molecule has 0 bridgehead atoms. The van der Waals surface area contributed by atoms with Crippen molar-refractivity contribution in [3.63, 3.8) is 0 Å². The minimum absolute atomic E-state index is 0.126. The van der Waals surface area contributed by atoms with E-state index in [0.717, 1.165) is 13.8 Å². The fraction of sp³-hybridized carbons (Fsp3) is 0.0909. The van der Waals surface area contributed by atoms with Crippen molar-refractivity contribution >= 4 is 49.1 Å². The van der Waals surface area contributed by atoms with E-state index >= 15 is 0 Å². The summed E-state index contributed by atoms with van der Waals surface area (Å²) in [6.07, 6.45) is 3.19. The zero-order valence-corrected chi connectivity index (χ0v) is 12.6. The summed E-state index contributed by atoms with van der Waals surface area (Å²) in [6, 6.07) is 3.71. The Labute approximate surface area is 120 Å².